The number of halogens is 1. The predicted octanol–water partition coefficient (Wildman–Crippen LogP) is 7.16. The molecular formula is C32H43BrN2O4. The average molecular weight is 600 g/mol. The molecule has 1 aliphatic rings. The van der Waals surface area contributed by atoms with E-state index in [1.165, 1.54) is 7.11 Å². The molecule has 1 unspecified atom stereocenters. The number of likely N-dealkylation sites (tertiary alicyclic amines) is 1. The highest BCUT2D eigenvalue weighted by molar-refractivity contribution is 9.10. The molecule has 6 nitrogen and oxygen atoms in total. The Bertz CT molecular complexity index is 1110. The van der Waals surface area contributed by atoms with Crippen molar-refractivity contribution >= 4 is 27.8 Å². The van der Waals surface area contributed by atoms with Crippen LogP contribution in [0.2, 0.25) is 0 Å². The molecule has 2 aromatic rings. The number of ether oxygens (including phenoxy) is 2. The van der Waals surface area contributed by atoms with Crippen molar-refractivity contribution in [3.63, 3.8) is 0 Å². The maximum absolute atomic E-state index is 13.5. The highest BCUT2D eigenvalue weighted by Gasteiger charge is 2.40. The van der Waals surface area contributed by atoms with Crippen LogP contribution in [0.4, 0.5) is 4.79 Å². The molecule has 1 N–H and O–H groups in total. The number of carbonyl (C=O) groups excluding carboxylic acids is 2. The topological polar surface area (TPSA) is 67.9 Å². The number of amides is 1. The van der Waals surface area contributed by atoms with E-state index in [1.54, 1.807) is 4.90 Å². The van der Waals surface area contributed by atoms with Gasteiger partial charge in [0.1, 0.15) is 0 Å². The Morgan fingerprint density at radius 1 is 1.15 bits per heavy atom. The molecule has 0 radical (unpaired) electrons. The lowest BCUT2D eigenvalue weighted by molar-refractivity contribution is -0.124. The summed E-state index contributed by atoms with van der Waals surface area (Å²) in [6.07, 6.45) is 5.22. The van der Waals surface area contributed by atoms with E-state index in [-0.39, 0.29) is 35.8 Å². The van der Waals surface area contributed by atoms with Gasteiger partial charge in [-0.2, -0.15) is 0 Å². The van der Waals surface area contributed by atoms with Gasteiger partial charge in [0.05, 0.1) is 32.4 Å². The number of rotatable bonds is 13. The number of methoxy groups -OCH3 is 1. The molecular weight excluding hydrogens is 556 g/mol. The van der Waals surface area contributed by atoms with Gasteiger partial charge < -0.3 is 19.7 Å². The normalized spacial score (nSPS) is 18.1. The summed E-state index contributed by atoms with van der Waals surface area (Å²) in [5.74, 6) is 0.118. The Labute approximate surface area is 242 Å². The van der Waals surface area contributed by atoms with Crippen molar-refractivity contribution in [1.82, 2.24) is 10.2 Å². The number of nitrogens with one attached hydrogen (secondary N) is 1. The van der Waals surface area contributed by atoms with Crippen LogP contribution in [-0.2, 0) is 20.9 Å². The van der Waals surface area contributed by atoms with Gasteiger partial charge in [0.2, 0.25) is 0 Å². The molecule has 1 saturated heterocycles. The van der Waals surface area contributed by atoms with Crippen LogP contribution in [0.1, 0.15) is 58.4 Å². The van der Waals surface area contributed by atoms with Gasteiger partial charge in [-0.05, 0) is 72.5 Å². The molecule has 7 heteroatoms. The number of ketones is 1. The monoisotopic (exact) mass is 598 g/mol. The van der Waals surface area contributed by atoms with Crippen molar-refractivity contribution in [3.05, 3.63) is 71.2 Å². The number of Topliss-reactive ketones (excluding diaryl/α,β-unsaturated/α-hetero) is 1. The molecule has 3 rings (SSSR count). The molecule has 3 atom stereocenters. The summed E-state index contributed by atoms with van der Waals surface area (Å²) in [7, 11) is 1.38. The van der Waals surface area contributed by atoms with Crippen molar-refractivity contribution in [2.75, 3.05) is 20.2 Å². The van der Waals surface area contributed by atoms with Crippen LogP contribution in [0.25, 0.3) is 11.1 Å². The Hall–Kier alpha value is -2.48. The van der Waals surface area contributed by atoms with Crippen molar-refractivity contribution in [2.24, 2.45) is 5.41 Å². The van der Waals surface area contributed by atoms with Gasteiger partial charge in [-0.3, -0.25) is 4.79 Å². The van der Waals surface area contributed by atoms with Crippen molar-refractivity contribution in [2.45, 2.75) is 77.7 Å². The minimum atomic E-state index is -0.416. The summed E-state index contributed by atoms with van der Waals surface area (Å²) in [6.45, 7) is 11.6. The summed E-state index contributed by atoms with van der Waals surface area (Å²) < 4.78 is 12.4. The zero-order chi connectivity index (χ0) is 28.4. The van der Waals surface area contributed by atoms with E-state index in [4.69, 9.17) is 9.47 Å². The fourth-order valence-electron chi connectivity index (χ4n) is 5.16. The number of nitrogens with zero attached hydrogens (tertiary/aromatic N) is 1. The Balaban J connectivity index is 1.63. The predicted molar refractivity (Wildman–Crippen MR) is 161 cm³/mol. The third-order valence-electron chi connectivity index (χ3n) is 7.16. The van der Waals surface area contributed by atoms with Crippen LogP contribution < -0.4 is 5.32 Å². The minimum Gasteiger partial charge on any atom is -0.453 e. The zero-order valence-electron chi connectivity index (χ0n) is 23.8. The van der Waals surface area contributed by atoms with Gasteiger partial charge in [-0.25, -0.2) is 4.79 Å². The van der Waals surface area contributed by atoms with Gasteiger partial charge in [0.15, 0.2) is 5.78 Å². The third kappa shape index (κ3) is 9.30. The summed E-state index contributed by atoms with van der Waals surface area (Å²) in [4.78, 5) is 27.8. The van der Waals surface area contributed by atoms with Crippen LogP contribution in [0.3, 0.4) is 0 Å². The summed E-state index contributed by atoms with van der Waals surface area (Å²) in [5.41, 5.74) is 3.07. The van der Waals surface area contributed by atoms with Crippen LogP contribution in [0, 0.1) is 5.41 Å². The Morgan fingerprint density at radius 2 is 1.87 bits per heavy atom. The fourth-order valence-corrected chi connectivity index (χ4v) is 5.56. The molecule has 212 valence electrons. The number of unbranched alkanes of at least 4 members (excludes halogenated alkanes) is 2. The first-order valence-corrected chi connectivity index (χ1v) is 14.6. The first kappa shape index (κ1) is 31.1. The van der Waals surface area contributed by atoms with Crippen LogP contribution in [-0.4, -0.2) is 55.2 Å². The molecule has 0 spiro atoms. The Morgan fingerprint density at radius 3 is 2.54 bits per heavy atom. The van der Waals surface area contributed by atoms with E-state index in [0.717, 1.165) is 47.0 Å². The second-order valence-corrected chi connectivity index (χ2v) is 12.3. The van der Waals surface area contributed by atoms with E-state index in [9.17, 15) is 9.59 Å². The van der Waals surface area contributed by atoms with Crippen molar-refractivity contribution in [3.8, 4) is 11.1 Å². The van der Waals surface area contributed by atoms with E-state index < -0.39 is 6.09 Å². The van der Waals surface area contributed by atoms with Gasteiger partial charge in [0, 0.05) is 16.9 Å². The molecule has 0 aliphatic carbocycles. The molecule has 1 fully saturated rings. The maximum Gasteiger partial charge on any atom is 0.409 e. The number of hydrogen-bond acceptors (Lipinski definition) is 5. The van der Waals surface area contributed by atoms with Gasteiger partial charge in [-0.1, -0.05) is 73.1 Å². The quantitative estimate of drug-likeness (QED) is 0.196. The molecule has 0 aromatic heterocycles. The lowest BCUT2D eigenvalue weighted by atomic mass is 9.82. The van der Waals surface area contributed by atoms with E-state index >= 15 is 0 Å². The van der Waals surface area contributed by atoms with Crippen LogP contribution in [0.15, 0.2) is 65.7 Å². The number of hydrogen-bond donors (Lipinski definition) is 1. The molecule has 39 heavy (non-hydrogen) atoms. The van der Waals surface area contributed by atoms with E-state index in [0.29, 0.717) is 19.6 Å². The largest absolute Gasteiger partial charge is 0.453 e. The summed E-state index contributed by atoms with van der Waals surface area (Å²) >= 11 is 3.54. The fraction of sp³-hybridized carbons (Fsp3) is 0.500. The summed E-state index contributed by atoms with van der Waals surface area (Å²) in [5, 5.41) is 3.48. The SMILES string of the molecule is C=CCCCCN[C@H](C(=O)CC1C[C@@H](OCc2cccc(-c3cccc(Br)c3)c2)CN1C(=O)OC)C(C)(C)C. The number of allylic oxidation sites excluding steroid dienone is 1. The van der Waals surface area contributed by atoms with Gasteiger partial charge >= 0.3 is 6.09 Å². The Kier molecular flexibility index (Phi) is 11.8. The van der Waals surface area contributed by atoms with Crippen LogP contribution in [0.5, 0.6) is 0 Å². The second kappa shape index (κ2) is 14.8. The highest BCUT2D eigenvalue weighted by Crippen LogP contribution is 2.29. The maximum atomic E-state index is 13.5. The number of carbonyl (C=O) groups is 2. The number of benzene rings is 2. The molecule has 0 saturated carbocycles. The van der Waals surface area contributed by atoms with Crippen LogP contribution >= 0.6 is 15.9 Å². The smallest absolute Gasteiger partial charge is 0.409 e. The second-order valence-electron chi connectivity index (χ2n) is 11.4. The third-order valence-corrected chi connectivity index (χ3v) is 7.66. The minimum absolute atomic E-state index is 0.118. The lowest BCUT2D eigenvalue weighted by Gasteiger charge is -2.32. The molecule has 1 heterocycles. The average Bonchev–Trinajstić information content (AvgIpc) is 3.30. The van der Waals surface area contributed by atoms with Gasteiger partial charge in [0.25, 0.3) is 0 Å². The lowest BCUT2D eigenvalue weighted by Crippen LogP contribution is -2.49. The van der Waals surface area contributed by atoms with E-state index in [1.807, 2.05) is 30.3 Å². The molecule has 2 aromatic carbocycles. The van der Waals surface area contributed by atoms with Crippen molar-refractivity contribution in [1.29, 1.82) is 0 Å². The van der Waals surface area contributed by atoms with Gasteiger partial charge in [-0.15, -0.1) is 6.58 Å². The first-order valence-electron chi connectivity index (χ1n) is 13.8. The molecule has 1 aliphatic heterocycles. The van der Waals surface area contributed by atoms with Crippen molar-refractivity contribution < 1.29 is 19.1 Å². The molecule has 0 bridgehead atoms. The summed E-state index contributed by atoms with van der Waals surface area (Å²) in [6, 6.07) is 15.9. The van der Waals surface area contributed by atoms with E-state index in [2.05, 4.69) is 72.9 Å². The zero-order valence-corrected chi connectivity index (χ0v) is 25.3. The first-order chi connectivity index (χ1) is 18.6. The molecule has 1 amide bonds. The standard InChI is InChI=1S/C32H43BrN2O4/c1-6-7-8-9-16-34-30(32(2,3)4)29(36)20-27-19-28(21-35(27)31(37)38-5)39-22-23-12-10-13-24(17-23)25-14-11-15-26(33)18-25/h6,10-15,17-18,27-28,30,34H,1,7-9,16,19-22H2,2-5H3/t27?,28-,30-/m1/s1. The highest BCUT2D eigenvalue weighted by atomic mass is 79.9.